The summed E-state index contributed by atoms with van der Waals surface area (Å²) in [6.07, 6.45) is 1.34. The largest absolute Gasteiger partial charge is 0.491 e. The lowest BCUT2D eigenvalue weighted by atomic mass is 10.0. The van der Waals surface area contributed by atoms with Crippen LogP contribution in [0.2, 0.25) is 0 Å². The second-order valence-electron chi connectivity index (χ2n) is 8.68. The molecular formula is C24H33FN2O3S. The van der Waals surface area contributed by atoms with Crippen LogP contribution >= 0.6 is 11.3 Å². The minimum Gasteiger partial charge on any atom is -0.491 e. The molecule has 0 aliphatic carbocycles. The number of fused-ring (bicyclic) bond motifs is 1. The molecule has 0 saturated heterocycles. The molecule has 2 heterocycles. The Morgan fingerprint density at radius 3 is 2.71 bits per heavy atom. The summed E-state index contributed by atoms with van der Waals surface area (Å²) in [7, 11) is 0. The van der Waals surface area contributed by atoms with E-state index in [0.717, 1.165) is 24.9 Å². The molecule has 170 valence electrons. The van der Waals surface area contributed by atoms with Crippen LogP contribution < -0.4 is 4.74 Å². The maximum absolute atomic E-state index is 13.3. The number of thiophene rings is 1. The predicted molar refractivity (Wildman–Crippen MR) is 122 cm³/mol. The predicted octanol–water partition coefficient (Wildman–Crippen LogP) is 4.12. The molecule has 0 radical (unpaired) electrons. The highest BCUT2D eigenvalue weighted by atomic mass is 32.1. The van der Waals surface area contributed by atoms with Gasteiger partial charge in [0.1, 0.15) is 18.2 Å². The Kier molecular flexibility index (Phi) is 8.46. The second kappa shape index (κ2) is 11.1. The molecule has 7 heteroatoms. The zero-order valence-electron chi connectivity index (χ0n) is 18.6. The van der Waals surface area contributed by atoms with Gasteiger partial charge in [0.2, 0.25) is 5.91 Å². The molecule has 1 aliphatic rings. The third-order valence-electron chi connectivity index (χ3n) is 5.54. The van der Waals surface area contributed by atoms with Gasteiger partial charge in [0.15, 0.2) is 0 Å². The molecule has 0 spiro atoms. The van der Waals surface area contributed by atoms with Crippen molar-refractivity contribution >= 4 is 17.2 Å². The average molecular weight is 449 g/mol. The highest BCUT2D eigenvalue weighted by Crippen LogP contribution is 2.34. The molecule has 1 amide bonds. The number of carbonyl (C=O) groups excluding carboxylic acids is 1. The van der Waals surface area contributed by atoms with Crippen LogP contribution in [-0.4, -0.2) is 59.7 Å². The van der Waals surface area contributed by atoms with E-state index in [1.807, 2.05) is 9.80 Å². The highest BCUT2D eigenvalue weighted by molar-refractivity contribution is 7.10. The van der Waals surface area contributed by atoms with Crippen molar-refractivity contribution in [2.75, 3.05) is 32.8 Å². The van der Waals surface area contributed by atoms with Gasteiger partial charge in [0.05, 0.1) is 18.7 Å². The summed E-state index contributed by atoms with van der Waals surface area (Å²) in [6.45, 7) is 8.59. The molecule has 0 fully saturated rings. The fraction of sp³-hybridized carbons (Fsp3) is 0.542. The number of hydrogen-bond donors (Lipinski definition) is 1. The van der Waals surface area contributed by atoms with Gasteiger partial charge in [-0.2, -0.15) is 0 Å². The monoisotopic (exact) mass is 448 g/mol. The van der Waals surface area contributed by atoms with Crippen LogP contribution in [0.3, 0.4) is 0 Å². The quantitative estimate of drug-likeness (QED) is 0.594. The van der Waals surface area contributed by atoms with E-state index < -0.39 is 6.10 Å². The Morgan fingerprint density at radius 1 is 1.29 bits per heavy atom. The molecule has 31 heavy (non-hydrogen) atoms. The van der Waals surface area contributed by atoms with Crippen LogP contribution in [0.1, 0.15) is 43.7 Å². The van der Waals surface area contributed by atoms with E-state index in [0.29, 0.717) is 31.4 Å². The normalized spacial score (nSPS) is 17.1. The summed E-state index contributed by atoms with van der Waals surface area (Å²) >= 11 is 1.71. The first-order valence-electron chi connectivity index (χ1n) is 11.0. The molecule has 2 aromatic rings. The van der Waals surface area contributed by atoms with E-state index in [1.165, 1.54) is 17.0 Å². The first-order chi connectivity index (χ1) is 14.8. The Labute approximate surface area is 188 Å². The van der Waals surface area contributed by atoms with Gasteiger partial charge < -0.3 is 14.7 Å². The SMILES string of the molecule is CC(C)CCN(CC(=O)N1CCc2sccc2[C@@H]1COc1ccc(F)cc1)C[C@H](C)O. The third-order valence-corrected chi connectivity index (χ3v) is 6.54. The van der Waals surface area contributed by atoms with Gasteiger partial charge in [-0.3, -0.25) is 9.69 Å². The average Bonchev–Trinajstić information content (AvgIpc) is 3.20. The lowest BCUT2D eigenvalue weighted by Gasteiger charge is -2.37. The van der Waals surface area contributed by atoms with Crippen LogP contribution in [0.4, 0.5) is 4.39 Å². The van der Waals surface area contributed by atoms with E-state index in [-0.39, 0.29) is 24.3 Å². The van der Waals surface area contributed by atoms with Crippen molar-refractivity contribution in [3.8, 4) is 5.75 Å². The molecule has 0 saturated carbocycles. The van der Waals surface area contributed by atoms with Gasteiger partial charge in [-0.25, -0.2) is 4.39 Å². The first kappa shape index (κ1) is 23.7. The lowest BCUT2D eigenvalue weighted by molar-refractivity contribution is -0.136. The van der Waals surface area contributed by atoms with Crippen molar-refractivity contribution in [3.05, 3.63) is 52.0 Å². The molecule has 1 N–H and O–H groups in total. The Bertz CT molecular complexity index is 838. The molecule has 3 rings (SSSR count). The zero-order valence-corrected chi connectivity index (χ0v) is 19.4. The van der Waals surface area contributed by atoms with Gasteiger partial charge in [-0.1, -0.05) is 13.8 Å². The number of amides is 1. The van der Waals surface area contributed by atoms with Gasteiger partial charge in [0, 0.05) is 18.0 Å². The Hall–Kier alpha value is -1.96. The standard InChI is InChI=1S/C24H33FN2O3S/c1-17(2)8-11-26(14-18(3)28)15-24(29)27-12-9-23-21(10-13-31-23)22(27)16-30-20-6-4-19(25)5-7-20/h4-7,10,13,17-18,22,28H,8-9,11-12,14-16H2,1-3H3/t18-,22-/m0/s1. The van der Waals surface area contributed by atoms with Crippen molar-refractivity contribution in [1.82, 2.24) is 9.80 Å². The van der Waals surface area contributed by atoms with Crippen LogP contribution in [0.15, 0.2) is 35.7 Å². The fourth-order valence-electron chi connectivity index (χ4n) is 3.91. The molecule has 1 aromatic carbocycles. The number of halogens is 1. The van der Waals surface area contributed by atoms with E-state index in [2.05, 4.69) is 25.3 Å². The smallest absolute Gasteiger partial charge is 0.237 e. The van der Waals surface area contributed by atoms with E-state index in [4.69, 9.17) is 4.74 Å². The minimum absolute atomic E-state index is 0.0500. The summed E-state index contributed by atoms with van der Waals surface area (Å²) in [5.41, 5.74) is 1.14. The number of aliphatic hydroxyl groups excluding tert-OH is 1. The number of rotatable bonds is 10. The van der Waals surface area contributed by atoms with Crippen LogP contribution in [0.25, 0.3) is 0 Å². The van der Waals surface area contributed by atoms with Crippen molar-refractivity contribution in [3.63, 3.8) is 0 Å². The van der Waals surface area contributed by atoms with Gasteiger partial charge >= 0.3 is 0 Å². The van der Waals surface area contributed by atoms with E-state index in [1.54, 1.807) is 30.4 Å². The van der Waals surface area contributed by atoms with Crippen LogP contribution in [0, 0.1) is 11.7 Å². The van der Waals surface area contributed by atoms with Gasteiger partial charge in [-0.05, 0) is 73.5 Å². The number of hydrogen-bond acceptors (Lipinski definition) is 5. The Morgan fingerprint density at radius 2 is 2.03 bits per heavy atom. The maximum Gasteiger partial charge on any atom is 0.237 e. The number of nitrogens with zero attached hydrogens (tertiary/aromatic N) is 2. The van der Waals surface area contributed by atoms with Crippen molar-refractivity contribution in [2.24, 2.45) is 5.92 Å². The van der Waals surface area contributed by atoms with Crippen molar-refractivity contribution < 1.29 is 19.0 Å². The van der Waals surface area contributed by atoms with E-state index in [9.17, 15) is 14.3 Å². The first-order valence-corrected chi connectivity index (χ1v) is 11.9. The Balaban J connectivity index is 1.71. The molecular weight excluding hydrogens is 415 g/mol. The molecule has 0 unspecified atom stereocenters. The van der Waals surface area contributed by atoms with Crippen LogP contribution in [0.5, 0.6) is 5.75 Å². The molecule has 0 bridgehead atoms. The van der Waals surface area contributed by atoms with Crippen LogP contribution in [-0.2, 0) is 11.2 Å². The van der Waals surface area contributed by atoms with Crippen molar-refractivity contribution in [1.29, 1.82) is 0 Å². The summed E-state index contributed by atoms with van der Waals surface area (Å²) in [6, 6.07) is 7.86. The lowest BCUT2D eigenvalue weighted by Crippen LogP contribution is -2.47. The van der Waals surface area contributed by atoms with E-state index >= 15 is 0 Å². The number of aliphatic hydroxyl groups is 1. The molecule has 2 atom stereocenters. The zero-order chi connectivity index (χ0) is 22.4. The maximum atomic E-state index is 13.3. The number of ether oxygens (including phenoxy) is 1. The summed E-state index contributed by atoms with van der Waals surface area (Å²) in [4.78, 5) is 18.6. The van der Waals surface area contributed by atoms with Gasteiger partial charge in [0.25, 0.3) is 0 Å². The van der Waals surface area contributed by atoms with Gasteiger partial charge in [-0.15, -0.1) is 11.3 Å². The summed E-state index contributed by atoms with van der Waals surface area (Å²) in [5, 5.41) is 11.9. The van der Waals surface area contributed by atoms with Crippen molar-refractivity contribution in [2.45, 2.75) is 45.8 Å². The topological polar surface area (TPSA) is 53.0 Å². The highest BCUT2D eigenvalue weighted by Gasteiger charge is 2.33. The number of benzene rings is 1. The number of carbonyl (C=O) groups is 1. The third kappa shape index (κ3) is 6.76. The fourth-order valence-corrected chi connectivity index (χ4v) is 4.84. The summed E-state index contributed by atoms with van der Waals surface area (Å²) < 4.78 is 19.1. The summed E-state index contributed by atoms with van der Waals surface area (Å²) in [5.74, 6) is 0.867. The molecule has 1 aliphatic heterocycles. The minimum atomic E-state index is -0.484. The second-order valence-corrected chi connectivity index (χ2v) is 9.68. The molecule has 1 aromatic heterocycles. The molecule has 5 nitrogen and oxygen atoms in total.